The second kappa shape index (κ2) is 6.81. The maximum atomic E-state index is 4.01. The number of nitrogens with one attached hydrogen (secondary N) is 1. The minimum atomic E-state index is 0.725. The van der Waals surface area contributed by atoms with Gasteiger partial charge in [0.25, 0.3) is 0 Å². The molecule has 0 atom stereocenters. The molecule has 0 amide bonds. The number of hydrogen-bond acceptors (Lipinski definition) is 2. The predicted octanol–water partition coefficient (Wildman–Crippen LogP) is 4.44. The molecule has 2 saturated carbocycles. The van der Waals surface area contributed by atoms with Gasteiger partial charge in [-0.15, -0.1) is 0 Å². The Bertz CT molecular complexity index is 339. The average molecular weight is 307 g/mol. The van der Waals surface area contributed by atoms with E-state index in [1.807, 2.05) is 0 Å². The summed E-state index contributed by atoms with van der Waals surface area (Å²) >= 11 is 0. The molecule has 2 aliphatic carbocycles. The molecule has 0 aromatic carbocycles. The van der Waals surface area contributed by atoms with Crippen LogP contribution in [0.3, 0.4) is 0 Å². The van der Waals surface area contributed by atoms with Crippen LogP contribution in [0.4, 0.5) is 0 Å². The summed E-state index contributed by atoms with van der Waals surface area (Å²) < 4.78 is 0. The van der Waals surface area contributed by atoms with Crippen molar-refractivity contribution < 1.29 is 0 Å². The summed E-state index contributed by atoms with van der Waals surface area (Å²) in [6.45, 7) is 12.1. The van der Waals surface area contributed by atoms with Gasteiger partial charge in [0.05, 0.1) is 0 Å². The zero-order valence-corrected chi connectivity index (χ0v) is 15.4. The van der Waals surface area contributed by atoms with Crippen LogP contribution in [0.2, 0.25) is 0 Å². The van der Waals surface area contributed by atoms with Crippen molar-refractivity contribution >= 4 is 0 Å². The molecule has 3 rings (SSSR count). The van der Waals surface area contributed by atoms with Gasteiger partial charge in [-0.3, -0.25) is 0 Å². The predicted molar refractivity (Wildman–Crippen MR) is 95.1 cm³/mol. The molecule has 128 valence electrons. The lowest BCUT2D eigenvalue weighted by atomic mass is 9.53. The van der Waals surface area contributed by atoms with Gasteiger partial charge in [0.15, 0.2) is 0 Å². The minimum absolute atomic E-state index is 0.725. The topological polar surface area (TPSA) is 15.3 Å². The molecule has 0 aromatic heterocycles. The summed E-state index contributed by atoms with van der Waals surface area (Å²) in [5, 5.41) is 4.01. The van der Waals surface area contributed by atoms with Gasteiger partial charge < -0.3 is 10.2 Å². The van der Waals surface area contributed by atoms with Crippen molar-refractivity contribution in [2.24, 2.45) is 17.3 Å². The maximum absolute atomic E-state index is 4.01. The smallest absolute Gasteiger partial charge is 0.00940 e. The van der Waals surface area contributed by atoms with Crippen LogP contribution in [0.1, 0.15) is 79.1 Å². The Labute approximate surface area is 138 Å². The fourth-order valence-electron chi connectivity index (χ4n) is 5.24. The van der Waals surface area contributed by atoms with Crippen molar-refractivity contribution in [3.05, 3.63) is 0 Å². The minimum Gasteiger partial charge on any atom is -0.311 e. The summed E-state index contributed by atoms with van der Waals surface area (Å²) in [7, 11) is 0. The second-order valence-electron chi connectivity index (χ2n) is 9.26. The number of hydrogen-bond donors (Lipinski definition) is 1. The first kappa shape index (κ1) is 16.8. The van der Waals surface area contributed by atoms with E-state index in [1.165, 1.54) is 64.5 Å². The maximum Gasteiger partial charge on any atom is 0.00940 e. The lowest BCUT2D eigenvalue weighted by Gasteiger charge is -2.53. The largest absolute Gasteiger partial charge is 0.311 e. The first-order valence-corrected chi connectivity index (χ1v) is 9.97. The lowest BCUT2D eigenvalue weighted by Crippen LogP contribution is -2.50. The van der Waals surface area contributed by atoms with Crippen molar-refractivity contribution in [2.75, 3.05) is 13.1 Å². The van der Waals surface area contributed by atoms with E-state index >= 15 is 0 Å². The molecule has 1 saturated heterocycles. The molecule has 2 nitrogen and oxygen atoms in total. The molecule has 0 unspecified atom stereocenters. The highest BCUT2D eigenvalue weighted by Crippen LogP contribution is 2.56. The van der Waals surface area contributed by atoms with E-state index in [0.29, 0.717) is 0 Å². The zero-order valence-electron chi connectivity index (χ0n) is 15.4. The van der Waals surface area contributed by atoms with E-state index in [0.717, 1.165) is 35.4 Å². The van der Waals surface area contributed by atoms with Crippen LogP contribution in [0, 0.1) is 17.3 Å². The molecular weight excluding hydrogens is 268 g/mol. The van der Waals surface area contributed by atoms with E-state index in [2.05, 4.69) is 37.9 Å². The molecule has 1 heterocycles. The third kappa shape index (κ3) is 3.70. The molecule has 0 aromatic rings. The van der Waals surface area contributed by atoms with Gasteiger partial charge in [-0.1, -0.05) is 13.8 Å². The second-order valence-corrected chi connectivity index (χ2v) is 9.26. The molecule has 22 heavy (non-hydrogen) atoms. The van der Waals surface area contributed by atoms with Crippen LogP contribution in [-0.4, -0.2) is 36.1 Å². The molecule has 0 radical (unpaired) electrons. The number of nitrogens with zero attached hydrogens (tertiary/aromatic N) is 1. The number of piperidine rings is 1. The molecule has 2 heteroatoms. The Hall–Kier alpha value is -0.0800. The third-order valence-corrected chi connectivity index (χ3v) is 7.11. The number of likely N-dealkylation sites (tertiary alicyclic amines) is 1. The van der Waals surface area contributed by atoms with Crippen molar-refractivity contribution in [3.63, 3.8) is 0 Å². The number of rotatable bonds is 4. The van der Waals surface area contributed by atoms with E-state index in [-0.39, 0.29) is 0 Å². The molecule has 1 aliphatic heterocycles. The lowest BCUT2D eigenvalue weighted by molar-refractivity contribution is -0.0165. The van der Waals surface area contributed by atoms with Crippen LogP contribution in [0.5, 0.6) is 0 Å². The summed E-state index contributed by atoms with van der Waals surface area (Å²) in [4.78, 5) is 2.63. The van der Waals surface area contributed by atoms with Gasteiger partial charge in [0.2, 0.25) is 0 Å². The van der Waals surface area contributed by atoms with E-state index in [4.69, 9.17) is 0 Å². The Kier molecular flexibility index (Phi) is 5.19. The summed E-state index contributed by atoms with van der Waals surface area (Å²) in [6, 6.07) is 2.33. The monoisotopic (exact) mass is 306 g/mol. The fraction of sp³-hybridized carbons (Fsp3) is 1.00. The van der Waals surface area contributed by atoms with Crippen LogP contribution < -0.4 is 5.32 Å². The van der Waals surface area contributed by atoms with Crippen LogP contribution in [0.25, 0.3) is 0 Å². The normalized spacial score (nSPS) is 37.9. The van der Waals surface area contributed by atoms with Gasteiger partial charge >= 0.3 is 0 Å². The van der Waals surface area contributed by atoms with Crippen molar-refractivity contribution in [2.45, 2.75) is 97.2 Å². The Morgan fingerprint density at radius 3 is 1.91 bits per heavy atom. The Morgan fingerprint density at radius 1 is 0.864 bits per heavy atom. The highest BCUT2D eigenvalue weighted by atomic mass is 15.2. The van der Waals surface area contributed by atoms with E-state index in [1.54, 1.807) is 0 Å². The molecule has 0 bridgehead atoms. The van der Waals surface area contributed by atoms with Gasteiger partial charge in [-0.25, -0.2) is 0 Å². The standard InChI is InChI=1S/C20H38N2/c1-15(2)17-13-20(14-17)9-5-18(6-10-20)21-19-7-11-22(12-8-19)16(3)4/h15-19,21H,5-14H2,1-4H3. The zero-order chi connectivity index (χ0) is 15.7. The van der Waals surface area contributed by atoms with Crippen molar-refractivity contribution in [3.8, 4) is 0 Å². The van der Waals surface area contributed by atoms with E-state index in [9.17, 15) is 0 Å². The van der Waals surface area contributed by atoms with Crippen molar-refractivity contribution in [1.29, 1.82) is 0 Å². The van der Waals surface area contributed by atoms with Crippen LogP contribution in [-0.2, 0) is 0 Å². The van der Waals surface area contributed by atoms with Crippen LogP contribution >= 0.6 is 0 Å². The van der Waals surface area contributed by atoms with Gasteiger partial charge in [0, 0.05) is 18.1 Å². The molecular formula is C20H38N2. The summed E-state index contributed by atoms with van der Waals surface area (Å²) in [6.07, 6.45) is 11.7. The SMILES string of the molecule is CC(C)C1CC2(CCC(NC3CCN(C(C)C)CC3)CC2)C1. The molecule has 3 fully saturated rings. The first-order chi connectivity index (χ1) is 10.5. The molecule has 3 aliphatic rings. The van der Waals surface area contributed by atoms with Crippen LogP contribution in [0.15, 0.2) is 0 Å². The van der Waals surface area contributed by atoms with Gasteiger partial charge in [-0.2, -0.15) is 0 Å². The summed E-state index contributed by atoms with van der Waals surface area (Å²) in [5.41, 5.74) is 0.772. The van der Waals surface area contributed by atoms with Gasteiger partial charge in [0.1, 0.15) is 0 Å². The highest BCUT2D eigenvalue weighted by molar-refractivity contribution is 4.99. The Morgan fingerprint density at radius 2 is 1.41 bits per heavy atom. The molecule has 1 spiro atoms. The van der Waals surface area contributed by atoms with E-state index < -0.39 is 0 Å². The third-order valence-electron chi connectivity index (χ3n) is 7.11. The Balaban J connectivity index is 1.37. The van der Waals surface area contributed by atoms with Gasteiger partial charge in [-0.05, 0) is 95.6 Å². The highest BCUT2D eigenvalue weighted by Gasteiger charge is 2.46. The quantitative estimate of drug-likeness (QED) is 0.826. The first-order valence-electron chi connectivity index (χ1n) is 9.97. The fourth-order valence-corrected chi connectivity index (χ4v) is 5.24. The molecule has 1 N–H and O–H groups in total. The van der Waals surface area contributed by atoms with Crippen molar-refractivity contribution in [1.82, 2.24) is 10.2 Å². The average Bonchev–Trinajstić information content (AvgIpc) is 2.46. The summed E-state index contributed by atoms with van der Waals surface area (Å²) in [5.74, 6) is 1.94.